The number of hydrogen-bond acceptors (Lipinski definition) is 5. The molecule has 0 spiro atoms. The lowest BCUT2D eigenvalue weighted by molar-refractivity contribution is 0.219. The van der Waals surface area contributed by atoms with Crippen molar-refractivity contribution in [3.05, 3.63) is 23.9 Å². The smallest absolute Gasteiger partial charge is 0.292 e. The molecule has 0 unspecified atom stereocenters. The molecule has 23 heavy (non-hydrogen) atoms. The Morgan fingerprint density at radius 3 is 2.48 bits per heavy atom. The Bertz CT molecular complexity index is 643. The third-order valence-electron chi connectivity index (χ3n) is 2.97. The van der Waals surface area contributed by atoms with Gasteiger partial charge in [-0.3, -0.25) is 10.6 Å². The second-order valence-corrected chi connectivity index (χ2v) is 7.05. The van der Waals surface area contributed by atoms with Crippen LogP contribution >= 0.6 is 0 Å². The summed E-state index contributed by atoms with van der Waals surface area (Å²) in [5.74, 6) is 0.262. The van der Waals surface area contributed by atoms with Gasteiger partial charge in [0.1, 0.15) is 5.82 Å². The van der Waals surface area contributed by atoms with Crippen LogP contribution in [-0.2, 0) is 10.0 Å². The number of aryl methyl sites for hydroxylation is 1. The molecule has 0 saturated carbocycles. The molecule has 0 atom stereocenters. The van der Waals surface area contributed by atoms with Gasteiger partial charge in [-0.05, 0) is 25.0 Å². The number of unbranched alkanes of at least 4 members (excludes halogenated alkanes) is 2. The molecule has 1 heterocycles. The van der Waals surface area contributed by atoms with Crippen LogP contribution in [0.3, 0.4) is 0 Å². The largest absolute Gasteiger partial charge is 0.339 e. The van der Waals surface area contributed by atoms with Crippen LogP contribution in [0, 0.1) is 6.92 Å². The van der Waals surface area contributed by atoms with E-state index in [1.165, 1.54) is 0 Å². The minimum absolute atomic E-state index is 0.0363. The van der Waals surface area contributed by atoms with Gasteiger partial charge in [0.25, 0.3) is 0 Å². The summed E-state index contributed by atoms with van der Waals surface area (Å²) in [5.41, 5.74) is 0.922. The fourth-order valence-corrected chi connectivity index (χ4v) is 2.58. The molecule has 128 valence electrons. The summed E-state index contributed by atoms with van der Waals surface area (Å²) in [6.07, 6.45) is 4.71. The highest BCUT2D eigenvalue weighted by Gasteiger charge is 2.24. The Morgan fingerprint density at radius 2 is 1.96 bits per heavy atom. The molecule has 2 N–H and O–H groups in total. The van der Waals surface area contributed by atoms with E-state index in [0.29, 0.717) is 10.7 Å². The number of urea groups is 2. The molecule has 0 bridgehead atoms. The normalized spacial score (nSPS) is 10.9. The predicted octanol–water partition coefficient (Wildman–Crippen LogP) is 2.08. The zero-order valence-corrected chi connectivity index (χ0v) is 14.3. The number of nitrogens with zero attached hydrogens (tertiary/aromatic N) is 2. The summed E-state index contributed by atoms with van der Waals surface area (Å²) in [4.78, 5) is 27.7. The second kappa shape index (κ2) is 8.47. The Balaban J connectivity index is 2.66. The number of aromatic nitrogens is 1. The van der Waals surface area contributed by atoms with Crippen LogP contribution in [0.4, 0.5) is 15.4 Å². The maximum atomic E-state index is 12.0. The van der Waals surface area contributed by atoms with Crippen molar-refractivity contribution < 1.29 is 18.0 Å². The van der Waals surface area contributed by atoms with Gasteiger partial charge in [-0.25, -0.2) is 27.3 Å². The fourth-order valence-electron chi connectivity index (χ4n) is 1.77. The fraction of sp³-hybridized carbons (Fsp3) is 0.500. The van der Waals surface area contributed by atoms with E-state index in [9.17, 15) is 18.0 Å². The van der Waals surface area contributed by atoms with Crippen LogP contribution in [0.5, 0.6) is 0 Å². The number of pyridine rings is 1. The van der Waals surface area contributed by atoms with E-state index in [4.69, 9.17) is 0 Å². The van der Waals surface area contributed by atoms with Gasteiger partial charge >= 0.3 is 12.1 Å². The van der Waals surface area contributed by atoms with Crippen LogP contribution in [0.1, 0.15) is 31.7 Å². The minimum atomic E-state index is -3.74. The minimum Gasteiger partial charge on any atom is -0.292 e. The summed E-state index contributed by atoms with van der Waals surface area (Å²) in [7, 11) is -3.74. The van der Waals surface area contributed by atoms with Crippen molar-refractivity contribution in [3.63, 3.8) is 0 Å². The molecule has 4 amide bonds. The standard InChI is InChI=1S/C14H22N4O4S/c1-4-5-6-9-18(23(3,21)22)14(20)17-13(19)16-12-8-7-11(2)10-15-12/h7-8,10H,4-6,9H2,1-3H3,(H2,15,16,17,19,20). The van der Waals surface area contributed by atoms with Crippen LogP contribution in [0.25, 0.3) is 0 Å². The Hall–Kier alpha value is -2.16. The van der Waals surface area contributed by atoms with Crippen molar-refractivity contribution in [2.45, 2.75) is 33.1 Å². The molecule has 0 saturated heterocycles. The average Bonchev–Trinajstić information content (AvgIpc) is 2.44. The third kappa shape index (κ3) is 6.64. The molecule has 1 rings (SSSR count). The van der Waals surface area contributed by atoms with Crippen molar-refractivity contribution in [2.75, 3.05) is 18.1 Å². The first kappa shape index (κ1) is 18.9. The monoisotopic (exact) mass is 342 g/mol. The average molecular weight is 342 g/mol. The van der Waals surface area contributed by atoms with E-state index in [0.717, 1.165) is 24.7 Å². The Kier molecular flexibility index (Phi) is 6.95. The quantitative estimate of drug-likeness (QED) is 0.769. The van der Waals surface area contributed by atoms with E-state index in [-0.39, 0.29) is 12.4 Å². The molecule has 9 heteroatoms. The summed E-state index contributed by atoms with van der Waals surface area (Å²) in [6.45, 7) is 3.85. The summed E-state index contributed by atoms with van der Waals surface area (Å²) < 4.78 is 24.0. The van der Waals surface area contributed by atoms with Crippen molar-refractivity contribution in [3.8, 4) is 0 Å². The van der Waals surface area contributed by atoms with E-state index in [1.54, 1.807) is 18.3 Å². The van der Waals surface area contributed by atoms with Gasteiger partial charge in [-0.2, -0.15) is 0 Å². The number of amides is 4. The van der Waals surface area contributed by atoms with Crippen molar-refractivity contribution in [1.29, 1.82) is 0 Å². The summed E-state index contributed by atoms with van der Waals surface area (Å²) in [5, 5.41) is 4.36. The number of anilines is 1. The first-order chi connectivity index (χ1) is 10.7. The van der Waals surface area contributed by atoms with Crippen molar-refractivity contribution >= 4 is 27.9 Å². The molecule has 0 aliphatic rings. The number of nitrogens with one attached hydrogen (secondary N) is 2. The van der Waals surface area contributed by atoms with Gasteiger partial charge in [0, 0.05) is 12.7 Å². The maximum absolute atomic E-state index is 12.0. The number of sulfonamides is 1. The zero-order valence-electron chi connectivity index (χ0n) is 13.5. The summed E-state index contributed by atoms with van der Waals surface area (Å²) >= 11 is 0. The van der Waals surface area contributed by atoms with Gasteiger partial charge in [-0.15, -0.1) is 0 Å². The highest BCUT2D eigenvalue weighted by atomic mass is 32.2. The van der Waals surface area contributed by atoms with Gasteiger partial charge in [0.05, 0.1) is 6.26 Å². The lowest BCUT2D eigenvalue weighted by Gasteiger charge is -2.20. The Morgan fingerprint density at radius 1 is 1.26 bits per heavy atom. The first-order valence-electron chi connectivity index (χ1n) is 7.26. The lowest BCUT2D eigenvalue weighted by atomic mass is 10.2. The molecular formula is C14H22N4O4S. The molecule has 0 fully saturated rings. The van der Waals surface area contributed by atoms with Gasteiger partial charge in [0.15, 0.2) is 0 Å². The van der Waals surface area contributed by atoms with Gasteiger partial charge in [0.2, 0.25) is 10.0 Å². The summed E-state index contributed by atoms with van der Waals surface area (Å²) in [6, 6.07) is 1.51. The third-order valence-corrected chi connectivity index (χ3v) is 4.11. The molecule has 8 nitrogen and oxygen atoms in total. The number of carbonyl (C=O) groups excluding carboxylic acids is 2. The SMILES string of the molecule is CCCCCN(C(=O)NC(=O)Nc1ccc(C)cn1)S(C)(=O)=O. The molecule has 1 aromatic rings. The number of carbonyl (C=O) groups is 2. The number of hydrogen-bond donors (Lipinski definition) is 2. The van der Waals surface area contributed by atoms with E-state index >= 15 is 0 Å². The Labute approximate surface area is 136 Å². The molecule has 0 aliphatic carbocycles. The molecule has 0 radical (unpaired) electrons. The van der Waals surface area contributed by atoms with Gasteiger partial charge < -0.3 is 0 Å². The number of imide groups is 1. The molecule has 0 aromatic carbocycles. The highest BCUT2D eigenvalue weighted by molar-refractivity contribution is 7.88. The second-order valence-electron chi connectivity index (χ2n) is 5.15. The topological polar surface area (TPSA) is 108 Å². The van der Waals surface area contributed by atoms with Gasteiger partial charge in [-0.1, -0.05) is 25.8 Å². The highest BCUT2D eigenvalue weighted by Crippen LogP contribution is 2.06. The maximum Gasteiger partial charge on any atom is 0.339 e. The predicted molar refractivity (Wildman–Crippen MR) is 87.6 cm³/mol. The van der Waals surface area contributed by atoms with Crippen molar-refractivity contribution in [2.24, 2.45) is 0 Å². The number of rotatable bonds is 6. The van der Waals surface area contributed by atoms with E-state index in [1.807, 2.05) is 19.2 Å². The van der Waals surface area contributed by atoms with E-state index in [2.05, 4.69) is 10.3 Å². The van der Waals surface area contributed by atoms with Crippen LogP contribution in [-0.4, -0.2) is 42.6 Å². The zero-order chi connectivity index (χ0) is 17.5. The first-order valence-corrected chi connectivity index (χ1v) is 9.11. The molecule has 1 aromatic heterocycles. The van der Waals surface area contributed by atoms with Crippen LogP contribution in [0.15, 0.2) is 18.3 Å². The lowest BCUT2D eigenvalue weighted by Crippen LogP contribution is -2.47. The van der Waals surface area contributed by atoms with Crippen molar-refractivity contribution in [1.82, 2.24) is 14.6 Å². The molecular weight excluding hydrogens is 320 g/mol. The van der Waals surface area contributed by atoms with Crippen LogP contribution in [0.2, 0.25) is 0 Å². The van der Waals surface area contributed by atoms with Crippen LogP contribution < -0.4 is 10.6 Å². The van der Waals surface area contributed by atoms with E-state index < -0.39 is 22.1 Å². The molecule has 0 aliphatic heterocycles.